The van der Waals surface area contributed by atoms with Gasteiger partial charge in [0.25, 0.3) is 0 Å². The molecule has 20 heavy (non-hydrogen) atoms. The summed E-state index contributed by atoms with van der Waals surface area (Å²) in [6, 6.07) is 5.30. The Labute approximate surface area is 119 Å². The van der Waals surface area contributed by atoms with Crippen molar-refractivity contribution in [3.05, 3.63) is 29.6 Å². The van der Waals surface area contributed by atoms with E-state index in [2.05, 4.69) is 12.2 Å². The van der Waals surface area contributed by atoms with Gasteiger partial charge in [-0.05, 0) is 38.4 Å². The van der Waals surface area contributed by atoms with Crippen molar-refractivity contribution in [1.29, 1.82) is 0 Å². The van der Waals surface area contributed by atoms with E-state index in [0.717, 1.165) is 18.4 Å². The third-order valence-electron chi connectivity index (χ3n) is 4.01. The van der Waals surface area contributed by atoms with Gasteiger partial charge >= 0.3 is 0 Å². The molecule has 1 heterocycles. The molecule has 1 amide bonds. The molecule has 0 aromatic heterocycles. The molecular formula is C15H22FN3O. The molecule has 0 radical (unpaired) electrons. The summed E-state index contributed by atoms with van der Waals surface area (Å²) in [6.45, 7) is 3.15. The Morgan fingerprint density at radius 3 is 2.90 bits per heavy atom. The molecule has 1 aromatic rings. The quantitative estimate of drug-likeness (QED) is 0.881. The van der Waals surface area contributed by atoms with Crippen LogP contribution in [0.3, 0.4) is 0 Å². The standard InChI is InChI=1S/C15H22FN3O/c1-10-6-7-12(15(17)20)9-19(10)14-11(8-18-2)4-3-5-13(14)16/h3-5,10,12,18H,6-9H2,1-2H3,(H2,17,20). The molecule has 1 aliphatic heterocycles. The van der Waals surface area contributed by atoms with Gasteiger partial charge in [-0.15, -0.1) is 0 Å². The molecule has 1 saturated heterocycles. The SMILES string of the molecule is CNCc1cccc(F)c1N1CC(C(N)=O)CCC1C. The number of piperidine rings is 1. The highest BCUT2D eigenvalue weighted by Crippen LogP contribution is 2.32. The Hall–Kier alpha value is -1.62. The van der Waals surface area contributed by atoms with Gasteiger partial charge in [0.1, 0.15) is 5.82 Å². The number of carbonyl (C=O) groups excluding carboxylic acids is 1. The lowest BCUT2D eigenvalue weighted by Gasteiger charge is -2.39. The monoisotopic (exact) mass is 279 g/mol. The van der Waals surface area contributed by atoms with Crippen molar-refractivity contribution in [2.75, 3.05) is 18.5 Å². The van der Waals surface area contributed by atoms with E-state index in [0.29, 0.717) is 18.8 Å². The number of carbonyl (C=O) groups is 1. The fourth-order valence-electron chi connectivity index (χ4n) is 2.87. The maximum Gasteiger partial charge on any atom is 0.222 e. The summed E-state index contributed by atoms with van der Waals surface area (Å²) in [6.07, 6.45) is 1.63. The first-order valence-corrected chi connectivity index (χ1v) is 7.02. The lowest BCUT2D eigenvalue weighted by Crippen LogP contribution is -2.46. The molecule has 2 rings (SSSR count). The normalized spacial score (nSPS) is 22.9. The second-order valence-corrected chi connectivity index (χ2v) is 5.46. The first kappa shape index (κ1) is 14.8. The van der Waals surface area contributed by atoms with Crippen molar-refractivity contribution < 1.29 is 9.18 Å². The number of anilines is 1. The van der Waals surface area contributed by atoms with Crippen molar-refractivity contribution in [2.45, 2.75) is 32.4 Å². The Balaban J connectivity index is 2.35. The van der Waals surface area contributed by atoms with Crippen LogP contribution in [0.2, 0.25) is 0 Å². The molecule has 2 atom stereocenters. The number of benzene rings is 1. The maximum absolute atomic E-state index is 14.3. The Kier molecular flexibility index (Phi) is 4.60. The summed E-state index contributed by atoms with van der Waals surface area (Å²) in [5.41, 5.74) is 6.92. The fraction of sp³-hybridized carbons (Fsp3) is 0.533. The highest BCUT2D eigenvalue weighted by Gasteiger charge is 2.31. The first-order chi connectivity index (χ1) is 9.54. The van der Waals surface area contributed by atoms with Gasteiger partial charge < -0.3 is 16.0 Å². The van der Waals surface area contributed by atoms with Crippen molar-refractivity contribution >= 4 is 11.6 Å². The molecule has 1 aliphatic rings. The number of nitrogens with zero attached hydrogens (tertiary/aromatic N) is 1. The van der Waals surface area contributed by atoms with Crippen LogP contribution < -0.4 is 16.0 Å². The van der Waals surface area contributed by atoms with E-state index in [1.807, 2.05) is 18.0 Å². The number of rotatable bonds is 4. The molecular weight excluding hydrogens is 257 g/mol. The van der Waals surface area contributed by atoms with E-state index in [9.17, 15) is 9.18 Å². The summed E-state index contributed by atoms with van der Waals surface area (Å²) >= 11 is 0. The molecule has 1 fully saturated rings. The van der Waals surface area contributed by atoms with E-state index in [-0.39, 0.29) is 23.7 Å². The number of primary amides is 1. The molecule has 4 nitrogen and oxygen atoms in total. The summed E-state index contributed by atoms with van der Waals surface area (Å²) in [4.78, 5) is 13.4. The number of halogens is 1. The summed E-state index contributed by atoms with van der Waals surface area (Å²) in [5.74, 6) is -0.739. The van der Waals surface area contributed by atoms with Crippen molar-refractivity contribution in [1.82, 2.24) is 5.32 Å². The van der Waals surface area contributed by atoms with Crippen molar-refractivity contribution in [3.63, 3.8) is 0 Å². The van der Waals surface area contributed by atoms with Gasteiger partial charge in [-0.25, -0.2) is 4.39 Å². The zero-order chi connectivity index (χ0) is 14.7. The summed E-state index contributed by atoms with van der Waals surface area (Å²) in [5, 5.41) is 3.05. The molecule has 0 saturated carbocycles. The van der Waals surface area contributed by atoms with Gasteiger partial charge in [0.05, 0.1) is 11.6 Å². The fourth-order valence-corrected chi connectivity index (χ4v) is 2.87. The van der Waals surface area contributed by atoms with Gasteiger partial charge in [0, 0.05) is 19.1 Å². The van der Waals surface area contributed by atoms with Gasteiger partial charge in [0.15, 0.2) is 0 Å². The molecule has 110 valence electrons. The number of nitrogens with two attached hydrogens (primary N) is 1. The predicted octanol–water partition coefficient (Wildman–Crippen LogP) is 1.64. The highest BCUT2D eigenvalue weighted by atomic mass is 19.1. The average molecular weight is 279 g/mol. The van der Waals surface area contributed by atoms with E-state index < -0.39 is 0 Å². The molecule has 0 spiro atoms. The molecule has 5 heteroatoms. The van der Waals surface area contributed by atoms with Crippen LogP contribution in [0.25, 0.3) is 0 Å². The third kappa shape index (κ3) is 2.93. The largest absolute Gasteiger partial charge is 0.369 e. The number of amides is 1. The highest BCUT2D eigenvalue weighted by molar-refractivity contribution is 5.78. The van der Waals surface area contributed by atoms with E-state index in [1.165, 1.54) is 6.07 Å². The molecule has 2 unspecified atom stereocenters. The van der Waals surface area contributed by atoms with Gasteiger partial charge in [-0.1, -0.05) is 12.1 Å². The predicted molar refractivity (Wildman–Crippen MR) is 77.9 cm³/mol. The van der Waals surface area contributed by atoms with Crippen LogP contribution in [-0.2, 0) is 11.3 Å². The second-order valence-electron chi connectivity index (χ2n) is 5.46. The van der Waals surface area contributed by atoms with E-state index in [4.69, 9.17) is 5.73 Å². The third-order valence-corrected chi connectivity index (χ3v) is 4.01. The maximum atomic E-state index is 14.3. The van der Waals surface area contributed by atoms with Crippen LogP contribution in [0.15, 0.2) is 18.2 Å². The van der Waals surface area contributed by atoms with Crippen LogP contribution in [-0.4, -0.2) is 25.5 Å². The van der Waals surface area contributed by atoms with E-state index >= 15 is 0 Å². The zero-order valence-electron chi connectivity index (χ0n) is 12.0. The van der Waals surface area contributed by atoms with Crippen molar-refractivity contribution in [3.8, 4) is 0 Å². The van der Waals surface area contributed by atoms with Crippen LogP contribution in [0.1, 0.15) is 25.3 Å². The topological polar surface area (TPSA) is 58.4 Å². The Morgan fingerprint density at radius 2 is 2.25 bits per heavy atom. The van der Waals surface area contributed by atoms with Gasteiger partial charge in [-0.3, -0.25) is 4.79 Å². The van der Waals surface area contributed by atoms with Crippen LogP contribution in [0, 0.1) is 11.7 Å². The van der Waals surface area contributed by atoms with Crippen LogP contribution in [0.5, 0.6) is 0 Å². The molecule has 0 aliphatic carbocycles. The van der Waals surface area contributed by atoms with Crippen LogP contribution in [0.4, 0.5) is 10.1 Å². The number of para-hydroxylation sites is 1. The minimum atomic E-state index is -0.298. The zero-order valence-corrected chi connectivity index (χ0v) is 12.0. The van der Waals surface area contributed by atoms with Gasteiger partial charge in [0.2, 0.25) is 5.91 Å². The van der Waals surface area contributed by atoms with Gasteiger partial charge in [-0.2, -0.15) is 0 Å². The minimum absolute atomic E-state index is 0.201. The van der Waals surface area contributed by atoms with Crippen molar-refractivity contribution in [2.24, 2.45) is 11.7 Å². The summed E-state index contributed by atoms with van der Waals surface area (Å²) < 4.78 is 14.3. The number of hydrogen-bond donors (Lipinski definition) is 2. The van der Waals surface area contributed by atoms with E-state index in [1.54, 1.807) is 6.07 Å². The Bertz CT molecular complexity index is 492. The molecule has 3 N–H and O–H groups in total. The molecule has 0 bridgehead atoms. The first-order valence-electron chi connectivity index (χ1n) is 7.02. The minimum Gasteiger partial charge on any atom is -0.369 e. The smallest absolute Gasteiger partial charge is 0.222 e. The lowest BCUT2D eigenvalue weighted by atomic mass is 9.91. The number of nitrogens with one attached hydrogen (secondary N) is 1. The second kappa shape index (κ2) is 6.22. The van der Waals surface area contributed by atoms with Crippen LogP contribution >= 0.6 is 0 Å². The lowest BCUT2D eigenvalue weighted by molar-refractivity contribution is -0.122. The number of hydrogen-bond acceptors (Lipinski definition) is 3. The molecule has 1 aromatic carbocycles. The average Bonchev–Trinajstić information content (AvgIpc) is 2.40. The summed E-state index contributed by atoms with van der Waals surface area (Å²) in [7, 11) is 1.83. The Morgan fingerprint density at radius 1 is 1.50 bits per heavy atom.